The topological polar surface area (TPSA) is 25.2 Å². The largest absolute Gasteiger partial charge is 0.507 e. The molecular formula is C24H23NO. The van der Waals surface area contributed by atoms with Gasteiger partial charge >= 0.3 is 0 Å². The molecule has 2 nitrogen and oxygen atoms in total. The number of phenolic OH excluding ortho intramolecular Hbond substituents is 1. The van der Waals surface area contributed by atoms with Crippen molar-refractivity contribution in [1.29, 1.82) is 0 Å². The van der Waals surface area contributed by atoms with Gasteiger partial charge in [0.2, 0.25) is 0 Å². The van der Waals surface area contributed by atoms with E-state index in [9.17, 15) is 5.11 Å². The summed E-state index contributed by atoms with van der Waals surface area (Å²) in [6.07, 6.45) is 4.24. The highest BCUT2D eigenvalue weighted by Gasteiger charge is 2.14. The van der Waals surface area contributed by atoms with Gasteiger partial charge in [-0.3, -0.25) is 0 Å². The van der Waals surface area contributed by atoms with Crippen LogP contribution in [0, 0.1) is 0 Å². The molecule has 3 aromatic carbocycles. The Kier molecular flexibility index (Phi) is 4.74. The van der Waals surface area contributed by atoms with Crippen molar-refractivity contribution >= 4 is 10.9 Å². The van der Waals surface area contributed by atoms with Crippen molar-refractivity contribution in [2.75, 3.05) is 0 Å². The highest BCUT2D eigenvalue weighted by molar-refractivity contribution is 5.86. The van der Waals surface area contributed by atoms with Crippen LogP contribution < -0.4 is 0 Å². The summed E-state index contributed by atoms with van der Waals surface area (Å²) in [5.74, 6) is 0.764. The highest BCUT2D eigenvalue weighted by Crippen LogP contribution is 2.30. The molecule has 1 heterocycles. The number of phenols is 1. The van der Waals surface area contributed by atoms with Gasteiger partial charge in [-0.15, -0.1) is 0 Å². The van der Waals surface area contributed by atoms with Crippen LogP contribution in [0.1, 0.15) is 29.9 Å². The fourth-order valence-corrected chi connectivity index (χ4v) is 3.76. The first-order valence-corrected chi connectivity index (χ1v) is 9.19. The van der Waals surface area contributed by atoms with E-state index in [0.29, 0.717) is 11.7 Å². The minimum Gasteiger partial charge on any atom is -0.507 e. The molecule has 0 saturated heterocycles. The molecule has 0 aliphatic heterocycles. The molecule has 0 radical (unpaired) electrons. The van der Waals surface area contributed by atoms with Gasteiger partial charge in [-0.25, -0.2) is 0 Å². The Labute approximate surface area is 154 Å². The van der Waals surface area contributed by atoms with Crippen LogP contribution >= 0.6 is 0 Å². The fourth-order valence-electron chi connectivity index (χ4n) is 3.76. The van der Waals surface area contributed by atoms with Gasteiger partial charge in [-0.1, -0.05) is 66.7 Å². The smallest absolute Gasteiger partial charge is 0.124 e. The predicted molar refractivity (Wildman–Crippen MR) is 108 cm³/mol. The predicted octanol–water partition coefficient (Wildman–Crippen LogP) is 5.96. The lowest BCUT2D eigenvalue weighted by atomic mass is 9.87. The van der Waals surface area contributed by atoms with Crippen molar-refractivity contribution in [3.8, 4) is 5.75 Å². The van der Waals surface area contributed by atoms with E-state index >= 15 is 0 Å². The van der Waals surface area contributed by atoms with Crippen molar-refractivity contribution in [2.24, 2.45) is 0 Å². The lowest BCUT2D eigenvalue weighted by Gasteiger charge is -2.18. The van der Waals surface area contributed by atoms with Gasteiger partial charge in [0, 0.05) is 24.0 Å². The molecule has 0 atom stereocenters. The molecule has 0 fully saturated rings. The normalized spacial score (nSPS) is 11.3. The number of benzene rings is 3. The Bertz CT molecular complexity index is 933. The number of aromatic hydroxyl groups is 1. The molecule has 2 heteroatoms. The van der Waals surface area contributed by atoms with Crippen molar-refractivity contribution in [3.63, 3.8) is 0 Å². The number of rotatable bonds is 6. The first-order valence-electron chi connectivity index (χ1n) is 9.19. The molecule has 1 aromatic heterocycles. The van der Waals surface area contributed by atoms with E-state index in [4.69, 9.17) is 0 Å². The van der Waals surface area contributed by atoms with Crippen LogP contribution in [0.4, 0.5) is 0 Å². The van der Waals surface area contributed by atoms with Crippen molar-refractivity contribution < 1.29 is 5.11 Å². The monoisotopic (exact) mass is 341 g/mol. The molecule has 4 rings (SSSR count). The van der Waals surface area contributed by atoms with E-state index in [-0.39, 0.29) is 0 Å². The van der Waals surface area contributed by atoms with Gasteiger partial charge in [0.15, 0.2) is 0 Å². The van der Waals surface area contributed by atoms with Crippen LogP contribution in [0.15, 0.2) is 91.1 Å². The van der Waals surface area contributed by atoms with E-state index in [2.05, 4.69) is 77.5 Å². The Balaban J connectivity index is 1.52. The summed E-state index contributed by atoms with van der Waals surface area (Å²) in [6, 6.07) is 29.2. The van der Waals surface area contributed by atoms with E-state index in [0.717, 1.165) is 30.3 Å². The number of hydrogen-bond acceptors (Lipinski definition) is 1. The van der Waals surface area contributed by atoms with Crippen LogP contribution in [0.2, 0.25) is 0 Å². The first kappa shape index (κ1) is 16.5. The van der Waals surface area contributed by atoms with Crippen LogP contribution in [-0.2, 0) is 6.54 Å². The maximum atomic E-state index is 9.98. The zero-order valence-electron chi connectivity index (χ0n) is 14.8. The second-order valence-electron chi connectivity index (χ2n) is 6.74. The Hall–Kier alpha value is -3.00. The lowest BCUT2D eigenvalue weighted by molar-refractivity contribution is 0.481. The van der Waals surface area contributed by atoms with Crippen molar-refractivity contribution in [2.45, 2.75) is 25.3 Å². The van der Waals surface area contributed by atoms with Gasteiger partial charge in [-0.2, -0.15) is 0 Å². The highest BCUT2D eigenvalue weighted by atomic mass is 16.3. The van der Waals surface area contributed by atoms with Gasteiger partial charge in [-0.05, 0) is 42.2 Å². The van der Waals surface area contributed by atoms with E-state index in [1.807, 2.05) is 12.1 Å². The minimum atomic E-state index is 0.354. The Morgan fingerprint density at radius 1 is 0.731 bits per heavy atom. The van der Waals surface area contributed by atoms with E-state index in [1.54, 1.807) is 6.07 Å². The van der Waals surface area contributed by atoms with Gasteiger partial charge in [0.25, 0.3) is 0 Å². The second-order valence-corrected chi connectivity index (χ2v) is 6.74. The fraction of sp³-hybridized carbons (Fsp3) is 0.167. The summed E-state index contributed by atoms with van der Waals surface area (Å²) < 4.78 is 2.24. The molecule has 0 saturated carbocycles. The molecule has 0 unspecified atom stereocenters. The molecule has 1 N–H and O–H groups in total. The van der Waals surface area contributed by atoms with Gasteiger partial charge in [0.05, 0.1) is 5.52 Å². The van der Waals surface area contributed by atoms with Gasteiger partial charge in [0.1, 0.15) is 5.75 Å². The maximum Gasteiger partial charge on any atom is 0.124 e. The molecule has 0 aliphatic rings. The summed E-state index contributed by atoms with van der Waals surface area (Å²) in [5, 5.41) is 10.9. The summed E-state index contributed by atoms with van der Waals surface area (Å²) in [4.78, 5) is 0. The molecule has 0 amide bonds. The van der Waals surface area contributed by atoms with Crippen LogP contribution in [-0.4, -0.2) is 9.67 Å². The van der Waals surface area contributed by atoms with E-state index < -0.39 is 0 Å². The number of aryl methyl sites for hydroxylation is 1. The summed E-state index contributed by atoms with van der Waals surface area (Å²) in [6.45, 7) is 0.948. The van der Waals surface area contributed by atoms with E-state index in [1.165, 1.54) is 11.1 Å². The molecular weight excluding hydrogens is 318 g/mol. The average molecular weight is 341 g/mol. The van der Waals surface area contributed by atoms with Crippen LogP contribution in [0.3, 0.4) is 0 Å². The second kappa shape index (κ2) is 7.49. The number of fused-ring (bicyclic) bond motifs is 1. The molecule has 4 aromatic rings. The average Bonchev–Trinajstić information content (AvgIpc) is 3.11. The summed E-state index contributed by atoms with van der Waals surface area (Å²) in [5.41, 5.74) is 3.84. The Morgan fingerprint density at radius 3 is 2.04 bits per heavy atom. The molecule has 26 heavy (non-hydrogen) atoms. The molecule has 0 spiro atoms. The standard InChI is InChI=1S/C24H23NO/c26-24-15-7-14-23-22(24)16-18-25(23)17-8-13-21(19-9-3-1-4-10-19)20-11-5-2-6-12-20/h1-7,9-12,14-16,18,21,26H,8,13,17H2. The zero-order chi connectivity index (χ0) is 17.8. The number of hydrogen-bond donors (Lipinski definition) is 1. The third-order valence-corrected chi connectivity index (χ3v) is 5.09. The van der Waals surface area contributed by atoms with Gasteiger partial charge < -0.3 is 9.67 Å². The van der Waals surface area contributed by atoms with Crippen molar-refractivity contribution in [3.05, 3.63) is 102 Å². The number of aromatic nitrogens is 1. The minimum absolute atomic E-state index is 0.354. The molecule has 0 aliphatic carbocycles. The summed E-state index contributed by atoms with van der Waals surface area (Å²) in [7, 11) is 0. The third kappa shape index (κ3) is 3.36. The third-order valence-electron chi connectivity index (χ3n) is 5.09. The SMILES string of the molecule is Oc1cccc2c1ccn2CCCC(c1ccccc1)c1ccccc1. The molecule has 0 bridgehead atoms. The summed E-state index contributed by atoms with van der Waals surface area (Å²) >= 11 is 0. The molecule has 130 valence electrons. The lowest BCUT2D eigenvalue weighted by Crippen LogP contribution is -2.04. The zero-order valence-corrected chi connectivity index (χ0v) is 14.8. The maximum absolute atomic E-state index is 9.98. The van der Waals surface area contributed by atoms with Crippen LogP contribution in [0.5, 0.6) is 5.75 Å². The Morgan fingerprint density at radius 2 is 1.38 bits per heavy atom. The van der Waals surface area contributed by atoms with Crippen molar-refractivity contribution in [1.82, 2.24) is 4.57 Å². The van der Waals surface area contributed by atoms with Crippen LogP contribution in [0.25, 0.3) is 10.9 Å². The number of nitrogens with zero attached hydrogens (tertiary/aromatic N) is 1. The quantitative estimate of drug-likeness (QED) is 0.460. The first-order chi connectivity index (χ1) is 12.8.